The average Bonchev–Trinajstić information content (AvgIpc) is 3.31. The Morgan fingerprint density at radius 2 is 2.25 bits per heavy atom. The zero-order chi connectivity index (χ0) is 16.5. The number of ether oxygens (including phenoxy) is 1. The number of furan rings is 1. The van der Waals surface area contributed by atoms with E-state index in [4.69, 9.17) is 9.15 Å². The van der Waals surface area contributed by atoms with Crippen molar-refractivity contribution in [2.75, 3.05) is 19.7 Å². The lowest BCUT2D eigenvalue weighted by molar-refractivity contribution is 0.114. The van der Waals surface area contributed by atoms with E-state index in [1.54, 1.807) is 12.5 Å². The number of guanidine groups is 1. The molecular weight excluding hydrogens is 304 g/mol. The zero-order valence-corrected chi connectivity index (χ0v) is 13.8. The van der Waals surface area contributed by atoms with Crippen LogP contribution in [-0.2, 0) is 17.7 Å². The molecule has 6 heteroatoms. The molecule has 0 saturated carbocycles. The molecule has 1 fully saturated rings. The van der Waals surface area contributed by atoms with Gasteiger partial charge in [-0.25, -0.2) is 4.99 Å². The molecule has 0 bridgehead atoms. The van der Waals surface area contributed by atoms with Crippen LogP contribution in [0.2, 0.25) is 0 Å². The second-order valence-corrected chi connectivity index (χ2v) is 5.76. The summed E-state index contributed by atoms with van der Waals surface area (Å²) in [5.41, 5.74) is 0.946. The number of aromatic nitrogens is 1. The first kappa shape index (κ1) is 16.5. The van der Waals surface area contributed by atoms with Gasteiger partial charge in [0.1, 0.15) is 5.76 Å². The molecule has 24 heavy (non-hydrogen) atoms. The Kier molecular flexibility index (Phi) is 6.25. The van der Waals surface area contributed by atoms with Crippen molar-refractivity contribution in [1.82, 2.24) is 15.6 Å². The SMILES string of the molecule is c1ccc(CN=C(NCCc2ccco2)NCC2CCCO2)nc1. The summed E-state index contributed by atoms with van der Waals surface area (Å²) < 4.78 is 11.0. The molecule has 0 aromatic carbocycles. The molecule has 0 amide bonds. The Bertz CT molecular complexity index is 607. The highest BCUT2D eigenvalue weighted by molar-refractivity contribution is 5.79. The fraction of sp³-hybridized carbons (Fsp3) is 0.444. The number of hydrogen-bond acceptors (Lipinski definition) is 4. The van der Waals surface area contributed by atoms with Crippen molar-refractivity contribution >= 4 is 5.96 Å². The predicted octanol–water partition coefficient (Wildman–Crippen LogP) is 2.13. The first-order valence-electron chi connectivity index (χ1n) is 8.46. The Labute approximate surface area is 142 Å². The molecular formula is C18H24N4O2. The van der Waals surface area contributed by atoms with Gasteiger partial charge < -0.3 is 19.8 Å². The van der Waals surface area contributed by atoms with Gasteiger partial charge in [-0.2, -0.15) is 0 Å². The van der Waals surface area contributed by atoms with E-state index in [9.17, 15) is 0 Å². The third kappa shape index (κ3) is 5.38. The maximum Gasteiger partial charge on any atom is 0.191 e. The van der Waals surface area contributed by atoms with Crippen LogP contribution in [0.25, 0.3) is 0 Å². The summed E-state index contributed by atoms with van der Waals surface area (Å²) in [4.78, 5) is 8.93. The Hall–Kier alpha value is -2.34. The van der Waals surface area contributed by atoms with Gasteiger partial charge in [0.25, 0.3) is 0 Å². The van der Waals surface area contributed by atoms with E-state index in [0.29, 0.717) is 6.54 Å². The van der Waals surface area contributed by atoms with Crippen LogP contribution in [0.5, 0.6) is 0 Å². The van der Waals surface area contributed by atoms with Gasteiger partial charge in [0, 0.05) is 32.3 Å². The van der Waals surface area contributed by atoms with Crippen molar-refractivity contribution in [3.8, 4) is 0 Å². The lowest BCUT2D eigenvalue weighted by atomic mass is 10.2. The number of nitrogens with zero attached hydrogens (tertiary/aromatic N) is 2. The number of pyridine rings is 1. The standard InChI is InChI=1S/C18H24N4O2/c1-2-9-19-15(5-1)13-21-18(22-14-17-7-4-12-24-17)20-10-8-16-6-3-11-23-16/h1-3,5-6,9,11,17H,4,7-8,10,12-14H2,(H2,20,21,22). The van der Waals surface area contributed by atoms with Gasteiger partial charge in [0.05, 0.1) is 24.6 Å². The first-order valence-corrected chi connectivity index (χ1v) is 8.46. The van der Waals surface area contributed by atoms with Crippen LogP contribution >= 0.6 is 0 Å². The molecule has 2 aromatic heterocycles. The Balaban J connectivity index is 1.52. The Morgan fingerprint density at radius 3 is 3.00 bits per heavy atom. The van der Waals surface area contributed by atoms with Crippen LogP contribution in [0.3, 0.4) is 0 Å². The van der Waals surface area contributed by atoms with Gasteiger partial charge in [0.15, 0.2) is 5.96 Å². The van der Waals surface area contributed by atoms with E-state index in [1.165, 1.54) is 0 Å². The molecule has 6 nitrogen and oxygen atoms in total. The zero-order valence-electron chi connectivity index (χ0n) is 13.8. The highest BCUT2D eigenvalue weighted by Crippen LogP contribution is 2.10. The minimum atomic E-state index is 0.275. The van der Waals surface area contributed by atoms with E-state index >= 15 is 0 Å². The average molecular weight is 328 g/mol. The summed E-state index contributed by atoms with van der Waals surface area (Å²) in [6, 6.07) is 9.74. The monoisotopic (exact) mass is 328 g/mol. The van der Waals surface area contributed by atoms with E-state index in [0.717, 1.165) is 56.4 Å². The van der Waals surface area contributed by atoms with Crippen molar-refractivity contribution in [3.63, 3.8) is 0 Å². The van der Waals surface area contributed by atoms with Gasteiger partial charge in [-0.05, 0) is 37.1 Å². The number of nitrogens with one attached hydrogen (secondary N) is 2. The van der Waals surface area contributed by atoms with Gasteiger partial charge in [0.2, 0.25) is 0 Å². The number of rotatable bonds is 7. The minimum Gasteiger partial charge on any atom is -0.469 e. The molecule has 1 aliphatic rings. The molecule has 3 heterocycles. The summed E-state index contributed by atoms with van der Waals surface area (Å²) in [5, 5.41) is 6.72. The van der Waals surface area contributed by atoms with Crippen LogP contribution in [-0.4, -0.2) is 36.7 Å². The lowest BCUT2D eigenvalue weighted by Gasteiger charge is -2.15. The lowest BCUT2D eigenvalue weighted by Crippen LogP contribution is -2.41. The maximum absolute atomic E-state index is 5.66. The fourth-order valence-corrected chi connectivity index (χ4v) is 2.60. The van der Waals surface area contributed by atoms with Gasteiger partial charge >= 0.3 is 0 Å². The summed E-state index contributed by atoms with van der Waals surface area (Å²) in [5.74, 6) is 1.74. The normalized spacial score (nSPS) is 17.8. The number of hydrogen-bond donors (Lipinski definition) is 2. The molecule has 2 aromatic rings. The van der Waals surface area contributed by atoms with Crippen molar-refractivity contribution in [1.29, 1.82) is 0 Å². The summed E-state index contributed by atoms with van der Waals surface area (Å²) in [6.45, 7) is 2.93. The van der Waals surface area contributed by atoms with Crippen molar-refractivity contribution in [2.45, 2.75) is 31.9 Å². The topological polar surface area (TPSA) is 71.7 Å². The van der Waals surface area contributed by atoms with E-state index in [2.05, 4.69) is 20.6 Å². The molecule has 3 rings (SSSR count). The van der Waals surface area contributed by atoms with Crippen LogP contribution in [0.1, 0.15) is 24.3 Å². The van der Waals surface area contributed by atoms with E-state index in [-0.39, 0.29) is 6.10 Å². The third-order valence-electron chi connectivity index (χ3n) is 3.89. The van der Waals surface area contributed by atoms with Crippen LogP contribution < -0.4 is 10.6 Å². The Morgan fingerprint density at radius 1 is 1.25 bits per heavy atom. The molecule has 128 valence electrons. The molecule has 1 saturated heterocycles. The predicted molar refractivity (Wildman–Crippen MR) is 92.8 cm³/mol. The first-order chi connectivity index (χ1) is 11.9. The molecule has 1 aliphatic heterocycles. The molecule has 0 aliphatic carbocycles. The number of aliphatic imine (C=N–C) groups is 1. The quantitative estimate of drug-likeness (QED) is 0.602. The summed E-state index contributed by atoms with van der Waals surface area (Å²) >= 11 is 0. The van der Waals surface area contributed by atoms with Gasteiger partial charge in [-0.3, -0.25) is 4.98 Å². The summed E-state index contributed by atoms with van der Waals surface area (Å²) in [7, 11) is 0. The van der Waals surface area contributed by atoms with Gasteiger partial charge in [-0.15, -0.1) is 0 Å². The third-order valence-corrected chi connectivity index (χ3v) is 3.89. The van der Waals surface area contributed by atoms with E-state index in [1.807, 2.05) is 30.3 Å². The van der Waals surface area contributed by atoms with Crippen molar-refractivity contribution in [3.05, 3.63) is 54.2 Å². The van der Waals surface area contributed by atoms with Crippen LogP contribution in [0, 0.1) is 0 Å². The highest BCUT2D eigenvalue weighted by Gasteiger charge is 2.15. The largest absolute Gasteiger partial charge is 0.469 e. The maximum atomic E-state index is 5.66. The second kappa shape index (κ2) is 9.08. The smallest absolute Gasteiger partial charge is 0.191 e. The molecule has 1 unspecified atom stereocenters. The van der Waals surface area contributed by atoms with Gasteiger partial charge in [-0.1, -0.05) is 6.07 Å². The molecule has 0 radical (unpaired) electrons. The molecule has 0 spiro atoms. The van der Waals surface area contributed by atoms with Crippen molar-refractivity contribution < 1.29 is 9.15 Å². The van der Waals surface area contributed by atoms with Crippen LogP contribution in [0.4, 0.5) is 0 Å². The molecule has 2 N–H and O–H groups in total. The fourth-order valence-electron chi connectivity index (χ4n) is 2.60. The summed E-state index contributed by atoms with van der Waals surface area (Å²) in [6.07, 6.45) is 6.82. The minimum absolute atomic E-state index is 0.275. The van der Waals surface area contributed by atoms with Crippen LogP contribution in [0.15, 0.2) is 52.2 Å². The highest BCUT2D eigenvalue weighted by atomic mass is 16.5. The molecule has 1 atom stereocenters. The van der Waals surface area contributed by atoms with E-state index < -0.39 is 0 Å². The van der Waals surface area contributed by atoms with Crippen molar-refractivity contribution in [2.24, 2.45) is 4.99 Å². The second-order valence-electron chi connectivity index (χ2n) is 5.76.